The fourth-order valence-electron chi connectivity index (χ4n) is 2.31. The SMILES string of the molecule is COc1ccc(C(=O)N2CCC(Oc3ncccn3)C2)cn1. The molecule has 1 unspecified atom stereocenters. The first-order valence-corrected chi connectivity index (χ1v) is 6.99. The zero-order valence-electron chi connectivity index (χ0n) is 12.2. The van der Waals surface area contributed by atoms with Crippen molar-refractivity contribution in [2.24, 2.45) is 0 Å². The van der Waals surface area contributed by atoms with Gasteiger partial charge in [0.25, 0.3) is 5.91 Å². The van der Waals surface area contributed by atoms with Gasteiger partial charge in [-0.3, -0.25) is 4.79 Å². The molecule has 0 spiro atoms. The number of ether oxygens (including phenoxy) is 2. The molecule has 0 N–H and O–H groups in total. The molecule has 0 aliphatic carbocycles. The fourth-order valence-corrected chi connectivity index (χ4v) is 2.31. The maximum atomic E-state index is 12.4. The molecule has 7 heteroatoms. The van der Waals surface area contributed by atoms with E-state index in [1.54, 1.807) is 35.5 Å². The largest absolute Gasteiger partial charge is 0.481 e. The lowest BCUT2D eigenvalue weighted by molar-refractivity contribution is 0.0769. The summed E-state index contributed by atoms with van der Waals surface area (Å²) in [5.74, 6) is 0.427. The van der Waals surface area contributed by atoms with Crippen molar-refractivity contribution < 1.29 is 14.3 Å². The van der Waals surface area contributed by atoms with Crippen molar-refractivity contribution in [1.29, 1.82) is 0 Å². The number of likely N-dealkylation sites (tertiary alicyclic amines) is 1. The van der Waals surface area contributed by atoms with E-state index in [2.05, 4.69) is 15.0 Å². The van der Waals surface area contributed by atoms with Crippen LogP contribution in [0.3, 0.4) is 0 Å². The minimum Gasteiger partial charge on any atom is -0.481 e. The first kappa shape index (κ1) is 14.2. The number of nitrogens with zero attached hydrogens (tertiary/aromatic N) is 4. The second-order valence-electron chi connectivity index (χ2n) is 4.90. The maximum Gasteiger partial charge on any atom is 0.316 e. The Bertz CT molecular complexity index is 633. The number of carbonyl (C=O) groups is 1. The summed E-state index contributed by atoms with van der Waals surface area (Å²) in [7, 11) is 1.54. The number of carbonyl (C=O) groups excluding carboxylic acids is 1. The van der Waals surface area contributed by atoms with Gasteiger partial charge in [0.05, 0.1) is 19.2 Å². The molecular weight excluding hydrogens is 284 g/mol. The summed E-state index contributed by atoms with van der Waals surface area (Å²) in [5, 5.41) is 0. The zero-order valence-corrected chi connectivity index (χ0v) is 12.2. The van der Waals surface area contributed by atoms with E-state index >= 15 is 0 Å². The van der Waals surface area contributed by atoms with Gasteiger partial charge in [-0.05, 0) is 12.1 Å². The average molecular weight is 300 g/mol. The summed E-state index contributed by atoms with van der Waals surface area (Å²) in [4.78, 5) is 26.3. The maximum absolute atomic E-state index is 12.4. The molecule has 1 saturated heterocycles. The summed E-state index contributed by atoms with van der Waals surface area (Å²) in [6.07, 6.45) is 5.45. The van der Waals surface area contributed by atoms with E-state index in [0.29, 0.717) is 30.5 Å². The van der Waals surface area contributed by atoms with Gasteiger partial charge in [-0.25, -0.2) is 15.0 Å². The molecular formula is C15H16N4O3. The second-order valence-corrected chi connectivity index (χ2v) is 4.90. The Morgan fingerprint density at radius 3 is 2.77 bits per heavy atom. The van der Waals surface area contributed by atoms with Crippen molar-refractivity contribution in [3.63, 3.8) is 0 Å². The van der Waals surface area contributed by atoms with Crippen LogP contribution in [0.25, 0.3) is 0 Å². The Hall–Kier alpha value is -2.70. The molecule has 1 aliphatic heterocycles. The second kappa shape index (κ2) is 6.38. The number of hydrogen-bond acceptors (Lipinski definition) is 6. The highest BCUT2D eigenvalue weighted by Gasteiger charge is 2.28. The third kappa shape index (κ3) is 3.13. The molecule has 2 aromatic heterocycles. The van der Waals surface area contributed by atoms with Gasteiger partial charge in [-0.1, -0.05) is 0 Å². The number of rotatable bonds is 4. The predicted octanol–water partition coefficient (Wildman–Crippen LogP) is 1.17. The number of aromatic nitrogens is 3. The summed E-state index contributed by atoms with van der Waals surface area (Å²) in [6.45, 7) is 1.16. The van der Waals surface area contributed by atoms with Gasteiger partial charge >= 0.3 is 6.01 Å². The standard InChI is InChI=1S/C15H16N4O3/c1-21-13-4-3-11(9-18-13)14(20)19-8-5-12(10-19)22-15-16-6-2-7-17-15/h2-4,6-7,9,12H,5,8,10H2,1H3. The molecule has 0 aromatic carbocycles. The van der Waals surface area contributed by atoms with Gasteiger partial charge < -0.3 is 14.4 Å². The van der Waals surface area contributed by atoms with E-state index < -0.39 is 0 Å². The van der Waals surface area contributed by atoms with Crippen molar-refractivity contribution >= 4 is 5.91 Å². The Kier molecular flexibility index (Phi) is 4.13. The summed E-state index contributed by atoms with van der Waals surface area (Å²) < 4.78 is 10.7. The normalized spacial score (nSPS) is 17.3. The molecule has 3 rings (SSSR count). The summed E-state index contributed by atoms with van der Waals surface area (Å²) in [6, 6.07) is 5.46. The number of amides is 1. The van der Waals surface area contributed by atoms with E-state index in [4.69, 9.17) is 9.47 Å². The number of hydrogen-bond donors (Lipinski definition) is 0. The Morgan fingerprint density at radius 1 is 1.27 bits per heavy atom. The van der Waals surface area contributed by atoms with Crippen molar-refractivity contribution in [1.82, 2.24) is 19.9 Å². The van der Waals surface area contributed by atoms with Crippen LogP contribution >= 0.6 is 0 Å². The monoisotopic (exact) mass is 300 g/mol. The molecule has 1 amide bonds. The van der Waals surface area contributed by atoms with Crippen molar-refractivity contribution in [3.05, 3.63) is 42.4 Å². The van der Waals surface area contributed by atoms with E-state index in [1.807, 2.05) is 0 Å². The van der Waals surface area contributed by atoms with Crippen LogP contribution in [0.5, 0.6) is 11.9 Å². The van der Waals surface area contributed by atoms with Gasteiger partial charge in [0, 0.05) is 37.6 Å². The quantitative estimate of drug-likeness (QED) is 0.843. The third-order valence-electron chi connectivity index (χ3n) is 3.44. The zero-order chi connectivity index (χ0) is 15.4. The molecule has 1 fully saturated rings. The molecule has 22 heavy (non-hydrogen) atoms. The molecule has 1 atom stereocenters. The molecule has 0 bridgehead atoms. The molecule has 2 aromatic rings. The number of methoxy groups -OCH3 is 1. The highest BCUT2D eigenvalue weighted by atomic mass is 16.5. The van der Waals surface area contributed by atoms with Crippen LogP contribution in [-0.2, 0) is 0 Å². The summed E-state index contributed by atoms with van der Waals surface area (Å²) in [5.41, 5.74) is 0.539. The van der Waals surface area contributed by atoms with Gasteiger partial charge in [-0.2, -0.15) is 0 Å². The number of pyridine rings is 1. The minimum atomic E-state index is -0.0856. The van der Waals surface area contributed by atoms with Crippen LogP contribution in [0.15, 0.2) is 36.8 Å². The Balaban J connectivity index is 1.60. The molecule has 114 valence electrons. The first-order valence-electron chi connectivity index (χ1n) is 6.99. The van der Waals surface area contributed by atoms with Crippen LogP contribution in [0, 0.1) is 0 Å². The van der Waals surface area contributed by atoms with Crippen LogP contribution < -0.4 is 9.47 Å². The van der Waals surface area contributed by atoms with Crippen molar-refractivity contribution in [2.45, 2.75) is 12.5 Å². The van der Waals surface area contributed by atoms with E-state index in [-0.39, 0.29) is 12.0 Å². The highest BCUT2D eigenvalue weighted by Crippen LogP contribution is 2.17. The lowest BCUT2D eigenvalue weighted by atomic mass is 10.2. The topological polar surface area (TPSA) is 77.4 Å². The van der Waals surface area contributed by atoms with Crippen LogP contribution in [-0.4, -0.2) is 52.1 Å². The lowest BCUT2D eigenvalue weighted by Crippen LogP contribution is -2.31. The van der Waals surface area contributed by atoms with E-state index in [1.165, 1.54) is 13.3 Å². The smallest absolute Gasteiger partial charge is 0.316 e. The molecule has 7 nitrogen and oxygen atoms in total. The minimum absolute atomic E-state index is 0.0600. The van der Waals surface area contributed by atoms with E-state index in [0.717, 1.165) is 6.42 Å². The molecule has 3 heterocycles. The lowest BCUT2D eigenvalue weighted by Gasteiger charge is -2.16. The third-order valence-corrected chi connectivity index (χ3v) is 3.44. The van der Waals surface area contributed by atoms with Crippen molar-refractivity contribution in [3.8, 4) is 11.9 Å². The predicted molar refractivity (Wildman–Crippen MR) is 77.8 cm³/mol. The van der Waals surface area contributed by atoms with Crippen LogP contribution in [0.4, 0.5) is 0 Å². The average Bonchev–Trinajstić information content (AvgIpc) is 3.04. The first-order chi connectivity index (χ1) is 10.8. The van der Waals surface area contributed by atoms with Gasteiger partial charge in [-0.15, -0.1) is 0 Å². The van der Waals surface area contributed by atoms with Crippen LogP contribution in [0.2, 0.25) is 0 Å². The molecule has 0 radical (unpaired) electrons. The van der Waals surface area contributed by atoms with Crippen LogP contribution in [0.1, 0.15) is 16.8 Å². The summed E-state index contributed by atoms with van der Waals surface area (Å²) >= 11 is 0. The molecule has 0 saturated carbocycles. The van der Waals surface area contributed by atoms with E-state index in [9.17, 15) is 4.79 Å². The molecule has 1 aliphatic rings. The van der Waals surface area contributed by atoms with Gasteiger partial charge in [0.1, 0.15) is 6.10 Å². The highest BCUT2D eigenvalue weighted by molar-refractivity contribution is 5.94. The Morgan fingerprint density at radius 2 is 2.09 bits per heavy atom. The van der Waals surface area contributed by atoms with Gasteiger partial charge in [0.2, 0.25) is 5.88 Å². The Labute approximate surface area is 127 Å². The van der Waals surface area contributed by atoms with Crippen molar-refractivity contribution in [2.75, 3.05) is 20.2 Å². The van der Waals surface area contributed by atoms with Gasteiger partial charge in [0.15, 0.2) is 0 Å². The fraction of sp³-hybridized carbons (Fsp3) is 0.333.